The molecule has 0 radical (unpaired) electrons. The maximum atomic E-state index is 12.1. The fourth-order valence-electron chi connectivity index (χ4n) is 3.45. The summed E-state index contributed by atoms with van der Waals surface area (Å²) in [5.74, 6) is 1.46. The molecule has 0 saturated carbocycles. The number of ether oxygens (including phenoxy) is 1. The van der Waals surface area contributed by atoms with Gasteiger partial charge in [0, 0.05) is 26.3 Å². The van der Waals surface area contributed by atoms with Crippen molar-refractivity contribution in [3.05, 3.63) is 47.3 Å². The topological polar surface area (TPSA) is 59.4 Å². The van der Waals surface area contributed by atoms with Gasteiger partial charge in [-0.1, -0.05) is 12.1 Å². The summed E-state index contributed by atoms with van der Waals surface area (Å²) in [6, 6.07) is 6.43. The van der Waals surface area contributed by atoms with E-state index in [-0.39, 0.29) is 5.91 Å². The molecule has 1 aromatic heterocycles. The van der Waals surface area contributed by atoms with Crippen molar-refractivity contribution in [1.29, 1.82) is 0 Å². The number of carbonyl (C=O) groups is 1. The number of carbonyl (C=O) groups excluding carboxylic acids is 1. The molecule has 6 nitrogen and oxygen atoms in total. The normalized spacial score (nSPS) is 15.8. The first-order valence-electron chi connectivity index (χ1n) is 9.18. The average Bonchev–Trinajstić information content (AvgIpc) is 3.09. The number of benzene rings is 1. The number of amides is 1. The number of rotatable bonds is 6. The first kappa shape index (κ1) is 18.5. The summed E-state index contributed by atoms with van der Waals surface area (Å²) < 4.78 is 7.07. The Hall–Kier alpha value is -2.34. The van der Waals surface area contributed by atoms with Crippen LogP contribution in [0.25, 0.3) is 0 Å². The van der Waals surface area contributed by atoms with Crippen molar-refractivity contribution in [2.45, 2.75) is 26.3 Å². The molecule has 1 saturated heterocycles. The zero-order chi connectivity index (χ0) is 18.5. The molecule has 0 spiro atoms. The van der Waals surface area contributed by atoms with Crippen LogP contribution in [0.2, 0.25) is 0 Å². The predicted octanol–water partition coefficient (Wildman–Crippen LogP) is 2.38. The Labute approximate surface area is 155 Å². The van der Waals surface area contributed by atoms with Crippen molar-refractivity contribution >= 4 is 5.91 Å². The summed E-state index contributed by atoms with van der Waals surface area (Å²) in [5.41, 5.74) is 3.08. The van der Waals surface area contributed by atoms with E-state index in [0.717, 1.165) is 44.8 Å². The number of hydrogen-bond acceptors (Lipinski definition) is 4. The Balaban J connectivity index is 1.43. The van der Waals surface area contributed by atoms with Crippen molar-refractivity contribution in [1.82, 2.24) is 20.0 Å². The van der Waals surface area contributed by atoms with Crippen molar-refractivity contribution in [3.8, 4) is 5.75 Å². The van der Waals surface area contributed by atoms with Crippen LogP contribution in [-0.2, 0) is 13.6 Å². The van der Waals surface area contributed by atoms with Crippen molar-refractivity contribution < 1.29 is 9.53 Å². The van der Waals surface area contributed by atoms with Crippen LogP contribution in [0.5, 0.6) is 5.75 Å². The third kappa shape index (κ3) is 4.64. The van der Waals surface area contributed by atoms with Gasteiger partial charge >= 0.3 is 0 Å². The molecule has 1 fully saturated rings. The zero-order valence-corrected chi connectivity index (χ0v) is 15.9. The lowest BCUT2D eigenvalue weighted by Gasteiger charge is -2.32. The molecule has 1 aromatic carbocycles. The van der Waals surface area contributed by atoms with Gasteiger partial charge in [0.05, 0.1) is 18.9 Å². The number of nitrogens with zero attached hydrogens (tertiary/aromatic N) is 3. The van der Waals surface area contributed by atoms with Crippen LogP contribution in [0.15, 0.2) is 30.6 Å². The second-order valence-corrected chi connectivity index (χ2v) is 7.14. The number of methoxy groups -OCH3 is 1. The highest BCUT2D eigenvalue weighted by Crippen LogP contribution is 2.22. The second-order valence-electron chi connectivity index (χ2n) is 7.14. The van der Waals surface area contributed by atoms with Gasteiger partial charge < -0.3 is 10.1 Å². The van der Waals surface area contributed by atoms with Gasteiger partial charge in [-0.3, -0.25) is 14.4 Å². The highest BCUT2D eigenvalue weighted by Gasteiger charge is 2.20. The van der Waals surface area contributed by atoms with Crippen molar-refractivity contribution in [3.63, 3.8) is 0 Å². The van der Waals surface area contributed by atoms with Crippen LogP contribution in [0.3, 0.4) is 0 Å². The molecular weight excluding hydrogens is 328 g/mol. The third-order valence-electron chi connectivity index (χ3n) is 5.10. The summed E-state index contributed by atoms with van der Waals surface area (Å²) in [4.78, 5) is 14.6. The van der Waals surface area contributed by atoms with E-state index in [1.165, 1.54) is 11.1 Å². The molecule has 26 heavy (non-hydrogen) atoms. The SMILES string of the molecule is COc1cc(CN2CCC(CNC(=O)c3cnn(C)c3)CC2)ccc1C. The molecular formula is C20H28N4O2. The van der Waals surface area contributed by atoms with Crippen LogP contribution in [0, 0.1) is 12.8 Å². The van der Waals surface area contributed by atoms with Crippen LogP contribution in [0.4, 0.5) is 0 Å². The van der Waals surface area contributed by atoms with E-state index in [1.807, 2.05) is 7.05 Å². The molecule has 2 aromatic rings. The lowest BCUT2D eigenvalue weighted by molar-refractivity contribution is 0.0935. The molecule has 0 aliphatic carbocycles. The first-order valence-corrected chi connectivity index (χ1v) is 9.18. The predicted molar refractivity (Wildman–Crippen MR) is 101 cm³/mol. The second kappa shape index (κ2) is 8.36. The molecule has 1 N–H and O–H groups in total. The number of aryl methyl sites for hydroxylation is 2. The third-order valence-corrected chi connectivity index (χ3v) is 5.10. The average molecular weight is 356 g/mol. The van der Waals surface area contributed by atoms with E-state index in [4.69, 9.17) is 4.74 Å². The molecule has 3 rings (SSSR count). The molecule has 0 atom stereocenters. The quantitative estimate of drug-likeness (QED) is 0.863. The van der Waals surface area contributed by atoms with E-state index in [1.54, 1.807) is 24.2 Å². The molecule has 0 unspecified atom stereocenters. The van der Waals surface area contributed by atoms with Crippen LogP contribution in [0.1, 0.15) is 34.3 Å². The molecule has 140 valence electrons. The Morgan fingerprint density at radius 1 is 1.35 bits per heavy atom. The van der Waals surface area contributed by atoms with E-state index in [2.05, 4.69) is 40.4 Å². The minimum atomic E-state index is -0.0349. The van der Waals surface area contributed by atoms with E-state index in [0.29, 0.717) is 11.5 Å². The Kier molecular flexibility index (Phi) is 5.93. The molecule has 0 bridgehead atoms. The van der Waals surface area contributed by atoms with Gasteiger partial charge in [0.15, 0.2) is 0 Å². The maximum Gasteiger partial charge on any atom is 0.254 e. The number of aromatic nitrogens is 2. The first-order chi connectivity index (χ1) is 12.5. The molecule has 2 heterocycles. The molecule has 6 heteroatoms. The summed E-state index contributed by atoms with van der Waals surface area (Å²) in [6.07, 6.45) is 5.56. The van der Waals surface area contributed by atoms with E-state index in [9.17, 15) is 4.79 Å². The van der Waals surface area contributed by atoms with E-state index < -0.39 is 0 Å². The number of hydrogen-bond donors (Lipinski definition) is 1. The molecule has 1 aliphatic rings. The maximum absolute atomic E-state index is 12.1. The van der Waals surface area contributed by atoms with Crippen molar-refractivity contribution in [2.75, 3.05) is 26.7 Å². The lowest BCUT2D eigenvalue weighted by Crippen LogP contribution is -2.38. The van der Waals surface area contributed by atoms with Crippen LogP contribution in [-0.4, -0.2) is 47.3 Å². The molecule has 1 aliphatic heterocycles. The van der Waals surface area contributed by atoms with Gasteiger partial charge in [-0.05, 0) is 56.0 Å². The number of nitrogens with one attached hydrogen (secondary N) is 1. The zero-order valence-electron chi connectivity index (χ0n) is 15.9. The van der Waals surface area contributed by atoms with Gasteiger partial charge in [-0.15, -0.1) is 0 Å². The number of piperidine rings is 1. The monoisotopic (exact) mass is 356 g/mol. The van der Waals surface area contributed by atoms with E-state index >= 15 is 0 Å². The fourth-order valence-corrected chi connectivity index (χ4v) is 3.45. The summed E-state index contributed by atoms with van der Waals surface area (Å²) in [6.45, 7) is 5.87. The molecule has 1 amide bonds. The van der Waals surface area contributed by atoms with Gasteiger partial charge in [-0.25, -0.2) is 0 Å². The Bertz CT molecular complexity index is 748. The largest absolute Gasteiger partial charge is 0.496 e. The summed E-state index contributed by atoms with van der Waals surface area (Å²) in [7, 11) is 3.54. The summed E-state index contributed by atoms with van der Waals surface area (Å²) >= 11 is 0. The number of likely N-dealkylation sites (tertiary alicyclic amines) is 1. The summed E-state index contributed by atoms with van der Waals surface area (Å²) in [5, 5.41) is 7.08. The standard InChI is InChI=1S/C20H28N4O2/c1-15-4-5-17(10-19(15)26-3)13-24-8-6-16(7-9-24)11-21-20(25)18-12-22-23(2)14-18/h4-5,10,12,14,16H,6-9,11,13H2,1-3H3,(H,21,25). The minimum Gasteiger partial charge on any atom is -0.496 e. The highest BCUT2D eigenvalue weighted by atomic mass is 16.5. The highest BCUT2D eigenvalue weighted by molar-refractivity contribution is 5.93. The smallest absolute Gasteiger partial charge is 0.254 e. The van der Waals surface area contributed by atoms with Crippen molar-refractivity contribution in [2.24, 2.45) is 13.0 Å². The Morgan fingerprint density at radius 2 is 2.12 bits per heavy atom. The minimum absolute atomic E-state index is 0.0349. The van der Waals surface area contributed by atoms with Crippen LogP contribution >= 0.6 is 0 Å². The van der Waals surface area contributed by atoms with Gasteiger partial charge in [0.25, 0.3) is 5.91 Å². The van der Waals surface area contributed by atoms with Gasteiger partial charge in [0.2, 0.25) is 0 Å². The van der Waals surface area contributed by atoms with Crippen LogP contribution < -0.4 is 10.1 Å². The fraction of sp³-hybridized carbons (Fsp3) is 0.500. The van der Waals surface area contributed by atoms with Gasteiger partial charge in [-0.2, -0.15) is 5.10 Å². The Morgan fingerprint density at radius 3 is 2.77 bits per heavy atom. The van der Waals surface area contributed by atoms with Gasteiger partial charge in [0.1, 0.15) is 5.75 Å². The lowest BCUT2D eigenvalue weighted by atomic mass is 9.96.